The lowest BCUT2D eigenvalue weighted by molar-refractivity contribution is -0.291. The van der Waals surface area contributed by atoms with Crippen molar-refractivity contribution in [3.8, 4) is 0 Å². The molecule has 1 aromatic rings. The van der Waals surface area contributed by atoms with E-state index in [9.17, 15) is 0 Å². The SMILES string of the molecule is CC[Si-](CC)(CC)OC(CNC1CCOCC1)c1c(Cl)cncc1[ClH+]. The van der Waals surface area contributed by atoms with Crippen LogP contribution in [-0.4, -0.2) is 39.1 Å². The lowest BCUT2D eigenvalue weighted by Gasteiger charge is -2.45. The maximum Gasteiger partial charge on any atom is 0.250 e. The molecule has 1 N–H and O–H groups in total. The zero-order chi connectivity index (χ0) is 18.3. The minimum Gasteiger partial charge on any atom is -0.558 e. The Kier molecular flexibility index (Phi) is 8.65. The second-order valence-corrected chi connectivity index (χ2v) is 12.2. The highest BCUT2D eigenvalue weighted by Gasteiger charge is 2.27. The molecule has 25 heavy (non-hydrogen) atoms. The molecular weight excluding hydrogens is 375 g/mol. The van der Waals surface area contributed by atoms with Gasteiger partial charge >= 0.3 is 0 Å². The van der Waals surface area contributed by atoms with Gasteiger partial charge in [-0.1, -0.05) is 32.4 Å². The van der Waals surface area contributed by atoms with E-state index >= 15 is 0 Å². The van der Waals surface area contributed by atoms with Gasteiger partial charge in [-0.05, 0) is 21.2 Å². The molecule has 7 heteroatoms. The Morgan fingerprint density at radius 3 is 2.48 bits per heavy atom. The van der Waals surface area contributed by atoms with Crippen LogP contribution in [0.3, 0.4) is 0 Å². The third-order valence-electron chi connectivity index (χ3n) is 5.36. The minimum atomic E-state index is -1.79. The van der Waals surface area contributed by atoms with Crippen LogP contribution < -0.4 is 5.32 Å². The summed E-state index contributed by atoms with van der Waals surface area (Å²) in [7, 11) is -1.79. The van der Waals surface area contributed by atoms with Gasteiger partial charge in [0.15, 0.2) is 11.6 Å². The van der Waals surface area contributed by atoms with E-state index in [0.717, 1.165) is 56.3 Å². The number of aromatic nitrogens is 1. The summed E-state index contributed by atoms with van der Waals surface area (Å²) in [4.78, 5) is 4.12. The number of pyridine rings is 1. The first-order valence-corrected chi connectivity index (χ1v) is 12.7. The largest absolute Gasteiger partial charge is 0.558 e. The summed E-state index contributed by atoms with van der Waals surface area (Å²) in [6, 6.07) is 3.77. The number of nitrogens with one attached hydrogen (secondary N) is 1. The normalized spacial score (nSPS) is 17.6. The van der Waals surface area contributed by atoms with Gasteiger partial charge in [-0.25, -0.2) is 0 Å². The molecule has 1 fully saturated rings. The van der Waals surface area contributed by atoms with Gasteiger partial charge in [0, 0.05) is 32.0 Å². The molecule has 0 spiro atoms. The highest BCUT2D eigenvalue weighted by Crippen LogP contribution is 2.34. The summed E-state index contributed by atoms with van der Waals surface area (Å²) >= 11 is 12.0. The van der Waals surface area contributed by atoms with Crippen molar-refractivity contribution in [1.29, 1.82) is 0 Å². The fraction of sp³-hybridized carbons (Fsp3) is 0.722. The van der Waals surface area contributed by atoms with Crippen molar-refractivity contribution in [1.82, 2.24) is 10.3 Å². The molecule has 2 heterocycles. The van der Waals surface area contributed by atoms with E-state index in [1.807, 2.05) is 0 Å². The molecule has 4 nitrogen and oxygen atoms in total. The van der Waals surface area contributed by atoms with Crippen molar-refractivity contribution in [3.05, 3.63) is 28.0 Å². The van der Waals surface area contributed by atoms with Gasteiger partial charge in [0.1, 0.15) is 0 Å². The fourth-order valence-corrected chi connectivity index (χ4v) is 6.86. The average molecular weight is 406 g/mol. The van der Waals surface area contributed by atoms with E-state index in [1.165, 1.54) is 0 Å². The van der Waals surface area contributed by atoms with Crippen molar-refractivity contribution >= 4 is 19.9 Å². The molecule has 0 radical (unpaired) electrons. The molecular formula is C18H31Cl2N2O2Si. The number of nitrogens with zero attached hydrogens (tertiary/aromatic N) is 1. The number of ether oxygens (including phenoxy) is 1. The van der Waals surface area contributed by atoms with Gasteiger partial charge < -0.3 is 14.5 Å². The Labute approximate surface area is 162 Å². The van der Waals surface area contributed by atoms with E-state index in [0.29, 0.717) is 16.1 Å². The van der Waals surface area contributed by atoms with Crippen molar-refractivity contribution in [3.63, 3.8) is 0 Å². The Morgan fingerprint density at radius 1 is 1.28 bits per heavy atom. The van der Waals surface area contributed by atoms with Gasteiger partial charge in [-0.2, -0.15) is 0 Å². The van der Waals surface area contributed by atoms with E-state index < -0.39 is 8.32 Å². The number of halogens is 2. The Hall–Kier alpha value is -0.173. The fourth-order valence-electron chi connectivity index (χ4n) is 3.42. The number of hydrogen-bond acceptors (Lipinski definition) is 4. The molecule has 1 atom stereocenters. The minimum absolute atomic E-state index is 0.114. The second-order valence-electron chi connectivity index (χ2n) is 6.68. The second kappa shape index (κ2) is 10.2. The Bertz CT molecular complexity index is 509. The molecule has 143 valence electrons. The van der Waals surface area contributed by atoms with Gasteiger partial charge in [0.2, 0.25) is 0 Å². The summed E-state index contributed by atoms with van der Waals surface area (Å²) in [5.74, 6) is 0. The first-order valence-electron chi connectivity index (χ1n) is 9.34. The third-order valence-corrected chi connectivity index (χ3v) is 10.6. The van der Waals surface area contributed by atoms with Crippen molar-refractivity contribution in [2.45, 2.75) is 63.9 Å². The standard InChI is InChI=1S/C18H31Cl2N2O2Si/c1-4-25(5-2,6-3)24-17(13-22-14-7-9-23-10-8-14)18-15(19)11-21-12-16(18)20/h11-12,14,17,19,22H,4-10,13H2,1-3H3. The highest BCUT2D eigenvalue weighted by molar-refractivity contribution is 6.73. The Balaban J connectivity index is 2.21. The molecule has 2 rings (SSSR count). The molecule has 0 aliphatic carbocycles. The van der Waals surface area contributed by atoms with Crippen LogP contribution in [0.1, 0.15) is 45.3 Å². The van der Waals surface area contributed by atoms with Crippen molar-refractivity contribution in [2.75, 3.05) is 19.8 Å². The molecule has 0 saturated carbocycles. The van der Waals surface area contributed by atoms with Gasteiger partial charge in [0.25, 0.3) is 5.02 Å². The molecule has 1 unspecified atom stereocenters. The molecule has 0 bridgehead atoms. The monoisotopic (exact) mass is 405 g/mol. The first-order chi connectivity index (χ1) is 12.0. The van der Waals surface area contributed by atoms with E-state index in [2.05, 4.69) is 31.1 Å². The quantitative estimate of drug-likeness (QED) is 0.623. The van der Waals surface area contributed by atoms with Crippen molar-refractivity contribution < 1.29 is 20.8 Å². The van der Waals surface area contributed by atoms with Gasteiger partial charge in [0.05, 0.1) is 22.9 Å². The van der Waals surface area contributed by atoms with Crippen LogP contribution in [0.25, 0.3) is 0 Å². The predicted octanol–water partition coefficient (Wildman–Crippen LogP) is 4.26. The smallest absolute Gasteiger partial charge is 0.250 e. The maximum absolute atomic E-state index is 6.79. The van der Waals surface area contributed by atoms with Crippen LogP contribution in [0.5, 0.6) is 0 Å². The molecule has 1 aromatic heterocycles. The molecule has 1 aliphatic heterocycles. The van der Waals surface area contributed by atoms with Crippen molar-refractivity contribution in [2.24, 2.45) is 0 Å². The molecule has 1 aliphatic rings. The molecule has 0 amide bonds. The summed E-state index contributed by atoms with van der Waals surface area (Å²) in [6.45, 7) is 9.10. The Morgan fingerprint density at radius 2 is 1.92 bits per heavy atom. The highest BCUT2D eigenvalue weighted by atomic mass is 35.5. The van der Waals surface area contributed by atoms with Crippen LogP contribution in [0.15, 0.2) is 12.4 Å². The lowest BCUT2D eigenvalue weighted by atomic mass is 10.1. The van der Waals surface area contributed by atoms with E-state index in [4.69, 9.17) is 32.4 Å². The van der Waals surface area contributed by atoms with Crippen LogP contribution in [0.4, 0.5) is 0 Å². The molecule has 0 aromatic carbocycles. The number of hydrogen-bond donors (Lipinski definition) is 1. The maximum atomic E-state index is 6.79. The van der Waals surface area contributed by atoms with Crippen LogP contribution in [-0.2, 0) is 9.16 Å². The van der Waals surface area contributed by atoms with Gasteiger partial charge in [-0.3, -0.25) is 4.98 Å². The van der Waals surface area contributed by atoms with Crippen LogP contribution in [0.2, 0.25) is 28.2 Å². The topological polar surface area (TPSA) is 43.4 Å². The predicted molar refractivity (Wildman–Crippen MR) is 103 cm³/mol. The first kappa shape index (κ1) is 21.1. The van der Waals surface area contributed by atoms with Crippen LogP contribution >= 0.6 is 11.6 Å². The van der Waals surface area contributed by atoms with E-state index in [-0.39, 0.29) is 6.10 Å². The van der Waals surface area contributed by atoms with Crippen LogP contribution in [0, 0.1) is 11.6 Å². The average Bonchev–Trinajstić information content (AvgIpc) is 2.64. The zero-order valence-corrected chi connectivity index (χ0v) is 18.1. The lowest BCUT2D eigenvalue weighted by Crippen LogP contribution is -2.43. The summed E-state index contributed by atoms with van der Waals surface area (Å²) in [5, 5.41) is 4.96. The van der Waals surface area contributed by atoms with Gasteiger partial charge in [-0.15, -0.1) is 18.1 Å². The number of rotatable bonds is 9. The summed E-state index contributed by atoms with van der Waals surface area (Å²) in [5.41, 5.74) is 0.915. The third kappa shape index (κ3) is 5.65. The summed E-state index contributed by atoms with van der Waals surface area (Å²) < 4.78 is 12.2. The molecule has 1 saturated heterocycles. The summed E-state index contributed by atoms with van der Waals surface area (Å²) in [6.07, 6.45) is 5.33. The van der Waals surface area contributed by atoms with E-state index in [1.54, 1.807) is 12.4 Å². The zero-order valence-electron chi connectivity index (χ0n) is 15.5.